The number of fused-ring (bicyclic) bond motifs is 5. The molecule has 25 heteroatoms. The van der Waals surface area contributed by atoms with E-state index < -0.39 is 144 Å². The van der Waals surface area contributed by atoms with Gasteiger partial charge >= 0.3 is 24.0 Å². The Bertz CT molecular complexity index is 3170. The van der Waals surface area contributed by atoms with Gasteiger partial charge in [0.2, 0.25) is 0 Å². The normalized spacial score (nSPS) is 32.7. The van der Waals surface area contributed by atoms with Gasteiger partial charge in [-0.15, -0.1) is 0 Å². The second-order valence-corrected chi connectivity index (χ2v) is 23.2. The number of rotatable bonds is 10. The summed E-state index contributed by atoms with van der Waals surface area (Å²) < 4.78 is 36.7. The highest BCUT2D eigenvalue weighted by atomic mass is 16.6. The number of aliphatic hydroxyl groups is 7. The number of carbonyl (C=O) groups excluding carboxylic acids is 5. The Balaban J connectivity index is 0.000000284. The zero-order chi connectivity index (χ0) is 59.1. The van der Waals surface area contributed by atoms with Gasteiger partial charge in [0, 0.05) is 44.0 Å². The molecule has 3 aliphatic heterocycles. The van der Waals surface area contributed by atoms with Crippen LogP contribution in [-0.2, 0) is 42.8 Å². The average Bonchev–Trinajstić information content (AvgIpc) is 1.43. The van der Waals surface area contributed by atoms with Gasteiger partial charge in [0.1, 0.15) is 65.9 Å². The van der Waals surface area contributed by atoms with E-state index in [0.717, 1.165) is 6.92 Å². The first-order valence-corrected chi connectivity index (χ1v) is 26.4. The number of aliphatic hydroxyl groups excluding tert-OH is 6. The standard InChI is InChI=1S/C43H53NO14.C13H16N6O4/c1-22-26(55-37(51)32(48)30(24-15-11-9-12-16-24)44-38(52)58-39(3,4)5)20-43(53)35(56-36(50)25-17-13-10-14-18-25)33-41(8,34(49)31(47)29(22)40(43,6)7)27(46)19-28-42(33,21-54-28)57-23(2)45;1-18-11-7-5(10(14)17-18)2-19(12(7)16-4-15-11)13-9(22)8(21)6(3-20)23-13/h9-18,26-28,30-33,35,46-48,53H,19-21H2,1-8H3,(H,44,52);2,4,6,8-9,13,20-22H,3H2,1H3,(H2,14,17)/t26-,27-,28+,30-,31+,32+,33-,35-,41+,42-,43+;6-,8-,9-,13-/m01/s1. The maximum atomic E-state index is 14.9. The zero-order valence-electron chi connectivity index (χ0n) is 46.1. The van der Waals surface area contributed by atoms with Gasteiger partial charge in [0.15, 0.2) is 35.4 Å². The monoisotopic (exact) mass is 1130 g/mol. The Morgan fingerprint density at radius 1 is 0.963 bits per heavy atom. The lowest BCUT2D eigenvalue weighted by molar-refractivity contribution is -0.346. The van der Waals surface area contributed by atoms with Gasteiger partial charge in [-0.2, -0.15) is 5.10 Å². The zero-order valence-corrected chi connectivity index (χ0v) is 46.1. The summed E-state index contributed by atoms with van der Waals surface area (Å²) in [4.78, 5) is 77.4. The van der Waals surface area contributed by atoms with Crippen LogP contribution < -0.4 is 16.1 Å². The number of ether oxygens (including phenoxy) is 6. The molecule has 81 heavy (non-hydrogen) atoms. The lowest BCUT2D eigenvalue weighted by Crippen LogP contribution is -2.81. The van der Waals surface area contributed by atoms with Gasteiger partial charge in [-0.05, 0) is 63.5 Å². The Morgan fingerprint density at radius 2 is 1.62 bits per heavy atom. The Hall–Kier alpha value is -6.94. The van der Waals surface area contributed by atoms with Crippen LogP contribution in [0.5, 0.6) is 0 Å². The smallest absolute Gasteiger partial charge is 0.408 e. The molecule has 0 spiro atoms. The molecule has 6 aliphatic rings. The number of nitrogens with zero attached hydrogens (tertiary/aromatic N) is 5. The molecule has 2 aromatic heterocycles. The number of benzene rings is 2. The molecule has 10 rings (SSSR count). The molecule has 15 atom stereocenters. The third-order valence-corrected chi connectivity index (χ3v) is 16.8. The fourth-order valence-corrected chi connectivity index (χ4v) is 12.6. The summed E-state index contributed by atoms with van der Waals surface area (Å²) >= 11 is 0. The molecule has 25 nitrogen and oxygen atoms in total. The van der Waals surface area contributed by atoms with Crippen molar-refractivity contribution in [3.05, 3.63) is 101 Å². The molecule has 4 aromatic rings. The second-order valence-electron chi connectivity index (χ2n) is 23.2. The molecule has 436 valence electrons. The molecule has 4 fully saturated rings. The van der Waals surface area contributed by atoms with Crippen LogP contribution in [-0.4, -0.2) is 178 Å². The summed E-state index contributed by atoms with van der Waals surface area (Å²) in [6.07, 6.45) is -12.6. The molecule has 2 saturated heterocycles. The molecule has 3 aliphatic carbocycles. The van der Waals surface area contributed by atoms with Gasteiger partial charge < -0.3 is 79.8 Å². The van der Waals surface area contributed by atoms with Crippen molar-refractivity contribution in [1.29, 1.82) is 0 Å². The van der Waals surface area contributed by atoms with Crippen molar-refractivity contribution in [1.82, 2.24) is 19.9 Å². The maximum Gasteiger partial charge on any atom is 0.408 e. The van der Waals surface area contributed by atoms with Gasteiger partial charge in [0.05, 0.1) is 47.6 Å². The summed E-state index contributed by atoms with van der Waals surface area (Å²) in [6, 6.07) is 14.6. The first-order valence-electron chi connectivity index (χ1n) is 26.4. The van der Waals surface area contributed by atoms with E-state index in [1.807, 2.05) is 0 Å². The van der Waals surface area contributed by atoms with E-state index in [1.54, 1.807) is 106 Å². The number of esters is 3. The van der Waals surface area contributed by atoms with E-state index in [9.17, 15) is 59.7 Å². The number of aromatic nitrogens is 3. The quantitative estimate of drug-likeness (QED) is 0.0615. The van der Waals surface area contributed by atoms with E-state index in [1.165, 1.54) is 32.3 Å². The molecular weight excluding hydrogens is 1060 g/mol. The number of carbonyl (C=O) groups is 5. The van der Waals surface area contributed by atoms with Crippen LogP contribution in [0.1, 0.15) is 102 Å². The highest BCUT2D eigenvalue weighted by Gasteiger charge is 2.78. The number of hydrazone groups is 1. The molecular formula is C56H69N7O18. The maximum absolute atomic E-state index is 14.9. The largest absolute Gasteiger partial charge is 0.456 e. The first kappa shape index (κ1) is 58.7. The van der Waals surface area contributed by atoms with Gasteiger partial charge in [0.25, 0.3) is 0 Å². The number of nitrogens with one attached hydrogen (secondary N) is 1. The predicted octanol–water partition coefficient (Wildman–Crippen LogP) is 1.37. The summed E-state index contributed by atoms with van der Waals surface area (Å²) in [5.41, 5.74) is -1.03. The topological polar surface area (TPSA) is 367 Å². The summed E-state index contributed by atoms with van der Waals surface area (Å²) in [6.45, 7) is 11.4. The molecule has 10 N–H and O–H groups in total. The number of nitrogens with two attached hydrogens (primary N) is 1. The lowest BCUT2D eigenvalue weighted by atomic mass is 9.44. The first-order chi connectivity index (χ1) is 38.0. The molecule has 0 unspecified atom stereocenters. The summed E-state index contributed by atoms with van der Waals surface area (Å²) in [7, 11) is 1.72. The minimum Gasteiger partial charge on any atom is -0.456 e. The van der Waals surface area contributed by atoms with Crippen LogP contribution in [0.4, 0.5) is 10.6 Å². The molecule has 1 amide bonds. The van der Waals surface area contributed by atoms with Crippen molar-refractivity contribution in [2.24, 2.45) is 27.6 Å². The number of alkyl carbamates (subject to hydrolysis) is 1. The molecule has 2 saturated carbocycles. The van der Waals surface area contributed by atoms with E-state index in [2.05, 4.69) is 20.4 Å². The second kappa shape index (κ2) is 21.4. The lowest BCUT2D eigenvalue weighted by Gasteiger charge is -2.67. The highest BCUT2D eigenvalue weighted by Crippen LogP contribution is 2.64. The van der Waals surface area contributed by atoms with Crippen molar-refractivity contribution >= 4 is 52.5 Å². The van der Waals surface area contributed by atoms with Crippen LogP contribution in [0, 0.1) is 16.7 Å². The van der Waals surface area contributed by atoms with E-state index in [0.29, 0.717) is 33.8 Å². The summed E-state index contributed by atoms with van der Waals surface area (Å²) in [5.74, 6) is -4.48. The van der Waals surface area contributed by atoms with Gasteiger partial charge in [-0.3, -0.25) is 9.59 Å². The number of amides is 1. The van der Waals surface area contributed by atoms with Crippen LogP contribution in [0.25, 0.3) is 11.0 Å². The van der Waals surface area contributed by atoms with Crippen molar-refractivity contribution in [3.8, 4) is 0 Å². The number of anilines is 1. The van der Waals surface area contributed by atoms with E-state index >= 15 is 0 Å². The Labute approximate surface area is 465 Å². The third-order valence-electron chi connectivity index (χ3n) is 16.8. The minimum atomic E-state index is -2.35. The fourth-order valence-electron chi connectivity index (χ4n) is 12.6. The van der Waals surface area contributed by atoms with Crippen LogP contribution in [0.15, 0.2) is 89.4 Å². The van der Waals surface area contributed by atoms with Gasteiger partial charge in [-0.25, -0.2) is 29.4 Å². The average molecular weight is 1130 g/mol. The van der Waals surface area contributed by atoms with E-state index in [-0.39, 0.29) is 29.7 Å². The van der Waals surface area contributed by atoms with Crippen molar-refractivity contribution < 1.29 is 88.1 Å². The van der Waals surface area contributed by atoms with Crippen molar-refractivity contribution in [2.45, 2.75) is 152 Å². The molecule has 2 bridgehead atoms. The predicted molar refractivity (Wildman–Crippen MR) is 283 cm³/mol. The van der Waals surface area contributed by atoms with E-state index in [4.69, 9.17) is 34.2 Å². The van der Waals surface area contributed by atoms with Crippen LogP contribution in [0.3, 0.4) is 0 Å². The molecule has 0 radical (unpaired) electrons. The molecule has 5 heterocycles. The fraction of sp³-hybridized carbons (Fsp3) is 0.536. The molecule has 2 aromatic carbocycles. The Kier molecular flexibility index (Phi) is 15.5. The summed E-state index contributed by atoms with van der Waals surface area (Å²) in [5, 5.41) is 87.4. The highest BCUT2D eigenvalue weighted by molar-refractivity contribution is 6.14. The Morgan fingerprint density at radius 3 is 2.21 bits per heavy atom. The van der Waals surface area contributed by atoms with Crippen LogP contribution >= 0.6 is 0 Å². The number of hydrogen-bond acceptors (Lipinski definition) is 23. The number of hydrogen-bond donors (Lipinski definition) is 9. The SMILES string of the molecule is CC(=O)O[C@@]12CO[C@@H]1C[C@H](O)[C@@]1(C)C(=O)[C@H](O)C3=C(C)[C@@H](OC(=O)[C@H](O)[C@@H](NC(=O)OC(C)(C)C)c4ccccc4)C[C@@](O)([C@@H](OC(=O)c4ccccc4)[C@H]21)C3(C)C.CN1N=C(N)c2cn([C@@H]3O[C@H](CO)[C@@H](O)[C@H]3O)c3ncnc1c23. The third kappa shape index (κ3) is 9.90. The van der Waals surface area contributed by atoms with Gasteiger partial charge in [-0.1, -0.05) is 62.4 Å². The van der Waals surface area contributed by atoms with Crippen molar-refractivity contribution in [3.63, 3.8) is 0 Å². The number of Topliss-reactive ketones (excluding diaryl/α,β-unsaturated/α-hetero) is 1. The van der Waals surface area contributed by atoms with Crippen molar-refractivity contribution in [2.75, 3.05) is 25.3 Å². The minimum absolute atomic E-state index is 0.0637. The number of amidine groups is 1. The van der Waals surface area contributed by atoms with Crippen LogP contribution in [0.2, 0.25) is 0 Å². The number of ketones is 1.